The van der Waals surface area contributed by atoms with Crippen molar-refractivity contribution in [2.24, 2.45) is 0 Å². The summed E-state index contributed by atoms with van der Waals surface area (Å²) in [6, 6.07) is 8.97. The van der Waals surface area contributed by atoms with E-state index in [2.05, 4.69) is 0 Å². The third kappa shape index (κ3) is 2.65. The molecule has 6 nitrogen and oxygen atoms in total. The van der Waals surface area contributed by atoms with Crippen molar-refractivity contribution < 1.29 is 13.9 Å². The van der Waals surface area contributed by atoms with Gasteiger partial charge in [0.1, 0.15) is 24.4 Å². The molecule has 0 saturated carbocycles. The van der Waals surface area contributed by atoms with Crippen LogP contribution in [0.5, 0.6) is 5.75 Å². The fourth-order valence-electron chi connectivity index (χ4n) is 2.04. The highest BCUT2D eigenvalue weighted by molar-refractivity contribution is 5.99. The molecule has 0 radical (unpaired) electrons. The molecule has 1 heterocycles. The van der Waals surface area contributed by atoms with Gasteiger partial charge in [0.15, 0.2) is 5.76 Å². The number of nitriles is 2. The standard InChI is InChI=1S/C15H13N3O3/c1-10-12-9-11(20-2)3-4-13(12)21-14(10)15(19)18(7-5-16)8-6-17/h3-4,9H,7-8H2,1-2H3. The van der Waals surface area contributed by atoms with Crippen molar-refractivity contribution in [2.45, 2.75) is 6.92 Å². The second-order valence-electron chi connectivity index (χ2n) is 4.40. The van der Waals surface area contributed by atoms with Gasteiger partial charge in [-0.05, 0) is 25.1 Å². The first-order chi connectivity index (χ1) is 10.1. The summed E-state index contributed by atoms with van der Waals surface area (Å²) in [5.74, 6) is 0.339. The molecule has 0 aliphatic heterocycles. The van der Waals surface area contributed by atoms with E-state index >= 15 is 0 Å². The van der Waals surface area contributed by atoms with Crippen LogP contribution in [0.4, 0.5) is 0 Å². The number of fused-ring (bicyclic) bond motifs is 1. The SMILES string of the molecule is COc1ccc2oc(C(=O)N(CC#N)CC#N)c(C)c2c1. The summed E-state index contributed by atoms with van der Waals surface area (Å²) in [6.07, 6.45) is 0. The summed E-state index contributed by atoms with van der Waals surface area (Å²) in [5.41, 5.74) is 1.22. The number of hydrogen-bond donors (Lipinski definition) is 0. The Kier molecular flexibility index (Phi) is 4.10. The molecule has 0 spiro atoms. The topological polar surface area (TPSA) is 90.3 Å². The molecule has 0 saturated heterocycles. The van der Waals surface area contributed by atoms with Gasteiger partial charge in [0.05, 0.1) is 19.2 Å². The predicted octanol–water partition coefficient (Wildman–Crippen LogP) is 2.24. The van der Waals surface area contributed by atoms with Gasteiger partial charge in [-0.1, -0.05) is 0 Å². The molecular formula is C15H13N3O3. The molecule has 2 aromatic rings. The monoisotopic (exact) mass is 283 g/mol. The minimum absolute atomic E-state index is 0.142. The van der Waals surface area contributed by atoms with E-state index in [0.717, 1.165) is 10.3 Å². The summed E-state index contributed by atoms with van der Waals surface area (Å²) in [4.78, 5) is 13.5. The van der Waals surface area contributed by atoms with Crippen LogP contribution in [0.15, 0.2) is 22.6 Å². The van der Waals surface area contributed by atoms with Gasteiger partial charge in [-0.25, -0.2) is 0 Å². The van der Waals surface area contributed by atoms with Crippen LogP contribution in [0.1, 0.15) is 16.1 Å². The summed E-state index contributed by atoms with van der Waals surface area (Å²) in [7, 11) is 1.56. The molecule has 0 aliphatic rings. The van der Waals surface area contributed by atoms with Crippen molar-refractivity contribution in [1.29, 1.82) is 10.5 Å². The van der Waals surface area contributed by atoms with Crippen LogP contribution >= 0.6 is 0 Å². The van der Waals surface area contributed by atoms with Crippen molar-refractivity contribution in [3.63, 3.8) is 0 Å². The molecule has 0 unspecified atom stereocenters. The third-order valence-corrected chi connectivity index (χ3v) is 3.15. The van der Waals surface area contributed by atoms with Crippen molar-refractivity contribution in [2.75, 3.05) is 20.2 Å². The molecule has 1 aromatic carbocycles. The van der Waals surface area contributed by atoms with Crippen molar-refractivity contribution in [3.8, 4) is 17.9 Å². The van der Waals surface area contributed by atoms with E-state index in [4.69, 9.17) is 19.7 Å². The maximum Gasteiger partial charge on any atom is 0.291 e. The summed E-state index contributed by atoms with van der Waals surface area (Å²) in [5, 5.41) is 18.2. The van der Waals surface area contributed by atoms with Gasteiger partial charge in [0.2, 0.25) is 0 Å². The first kappa shape index (κ1) is 14.4. The van der Waals surface area contributed by atoms with Gasteiger partial charge < -0.3 is 14.1 Å². The predicted molar refractivity (Wildman–Crippen MR) is 74.6 cm³/mol. The van der Waals surface area contributed by atoms with Gasteiger partial charge in [0, 0.05) is 10.9 Å². The Hall–Kier alpha value is -2.99. The van der Waals surface area contributed by atoms with Crippen LogP contribution in [-0.2, 0) is 0 Å². The van der Waals surface area contributed by atoms with Gasteiger partial charge in [-0.3, -0.25) is 4.79 Å². The number of aryl methyl sites for hydroxylation is 1. The Morgan fingerprint density at radius 3 is 2.57 bits per heavy atom. The van der Waals surface area contributed by atoms with E-state index in [1.54, 1.807) is 32.2 Å². The maximum absolute atomic E-state index is 12.4. The molecule has 0 aliphatic carbocycles. The molecule has 0 N–H and O–H groups in total. The quantitative estimate of drug-likeness (QED) is 0.802. The molecule has 0 fully saturated rings. The number of benzene rings is 1. The van der Waals surface area contributed by atoms with Crippen LogP contribution < -0.4 is 4.74 Å². The van der Waals surface area contributed by atoms with E-state index < -0.39 is 5.91 Å². The van der Waals surface area contributed by atoms with Crippen LogP contribution in [0.2, 0.25) is 0 Å². The van der Waals surface area contributed by atoms with E-state index in [1.165, 1.54) is 0 Å². The van der Waals surface area contributed by atoms with Crippen LogP contribution in [0.25, 0.3) is 11.0 Å². The number of methoxy groups -OCH3 is 1. The van der Waals surface area contributed by atoms with E-state index in [1.807, 2.05) is 12.1 Å². The van der Waals surface area contributed by atoms with E-state index in [-0.39, 0.29) is 18.8 Å². The average molecular weight is 283 g/mol. The number of hydrogen-bond acceptors (Lipinski definition) is 5. The zero-order valence-corrected chi connectivity index (χ0v) is 11.7. The van der Waals surface area contributed by atoms with E-state index in [9.17, 15) is 4.79 Å². The highest BCUT2D eigenvalue weighted by Gasteiger charge is 2.23. The summed E-state index contributed by atoms with van der Waals surface area (Å²) >= 11 is 0. The van der Waals surface area contributed by atoms with E-state index in [0.29, 0.717) is 16.9 Å². The molecule has 21 heavy (non-hydrogen) atoms. The fourth-order valence-corrected chi connectivity index (χ4v) is 2.04. The smallest absolute Gasteiger partial charge is 0.291 e. The Balaban J connectivity index is 2.46. The lowest BCUT2D eigenvalue weighted by Gasteiger charge is -2.14. The summed E-state index contributed by atoms with van der Waals surface area (Å²) < 4.78 is 10.7. The second kappa shape index (κ2) is 5.98. The Labute approximate surface area is 121 Å². The molecule has 106 valence electrons. The minimum Gasteiger partial charge on any atom is -0.497 e. The normalized spacial score (nSPS) is 9.90. The first-order valence-electron chi connectivity index (χ1n) is 6.22. The number of carbonyl (C=O) groups is 1. The minimum atomic E-state index is -0.467. The Morgan fingerprint density at radius 1 is 1.33 bits per heavy atom. The van der Waals surface area contributed by atoms with Crippen LogP contribution in [0.3, 0.4) is 0 Å². The van der Waals surface area contributed by atoms with Gasteiger partial charge in [-0.2, -0.15) is 10.5 Å². The van der Waals surface area contributed by atoms with Gasteiger partial charge >= 0.3 is 0 Å². The molecule has 1 aromatic heterocycles. The molecule has 6 heteroatoms. The Morgan fingerprint density at radius 2 is 2.00 bits per heavy atom. The van der Waals surface area contributed by atoms with Crippen LogP contribution in [0, 0.1) is 29.6 Å². The lowest BCUT2D eigenvalue weighted by atomic mass is 10.1. The Bertz CT molecular complexity index is 749. The van der Waals surface area contributed by atoms with Crippen molar-refractivity contribution in [3.05, 3.63) is 29.5 Å². The highest BCUT2D eigenvalue weighted by atomic mass is 16.5. The van der Waals surface area contributed by atoms with Gasteiger partial charge in [-0.15, -0.1) is 0 Å². The number of carbonyl (C=O) groups excluding carboxylic acids is 1. The van der Waals surface area contributed by atoms with Crippen molar-refractivity contribution in [1.82, 2.24) is 4.90 Å². The zero-order chi connectivity index (χ0) is 15.4. The third-order valence-electron chi connectivity index (χ3n) is 3.15. The largest absolute Gasteiger partial charge is 0.497 e. The number of ether oxygens (including phenoxy) is 1. The number of rotatable bonds is 4. The lowest BCUT2D eigenvalue weighted by Crippen LogP contribution is -2.31. The van der Waals surface area contributed by atoms with Crippen molar-refractivity contribution >= 4 is 16.9 Å². The summed E-state index contributed by atoms with van der Waals surface area (Å²) in [6.45, 7) is 1.44. The average Bonchev–Trinajstić information content (AvgIpc) is 2.83. The highest BCUT2D eigenvalue weighted by Crippen LogP contribution is 2.29. The van der Waals surface area contributed by atoms with Gasteiger partial charge in [0.25, 0.3) is 5.91 Å². The number of amides is 1. The molecule has 0 atom stereocenters. The number of nitrogens with zero attached hydrogens (tertiary/aromatic N) is 3. The first-order valence-corrected chi connectivity index (χ1v) is 6.22. The molecule has 1 amide bonds. The molecule has 2 rings (SSSR count). The second-order valence-corrected chi connectivity index (χ2v) is 4.40. The zero-order valence-electron chi connectivity index (χ0n) is 11.7. The lowest BCUT2D eigenvalue weighted by molar-refractivity contribution is 0.0764. The fraction of sp³-hybridized carbons (Fsp3) is 0.267. The molecular weight excluding hydrogens is 270 g/mol. The molecule has 0 bridgehead atoms. The number of furan rings is 1. The maximum atomic E-state index is 12.4. The van der Waals surface area contributed by atoms with Crippen LogP contribution in [-0.4, -0.2) is 31.0 Å².